The van der Waals surface area contributed by atoms with Crippen molar-refractivity contribution >= 4 is 29.9 Å². The van der Waals surface area contributed by atoms with E-state index in [1.54, 1.807) is 0 Å². The first-order valence-electron chi connectivity index (χ1n) is 8.00. The van der Waals surface area contributed by atoms with Gasteiger partial charge in [0.15, 0.2) is 5.96 Å². The number of morpholine rings is 1. The highest BCUT2D eigenvalue weighted by Crippen LogP contribution is 2.15. The fraction of sp³-hybridized carbons (Fsp3) is 0.933. The molecule has 21 heavy (non-hydrogen) atoms. The van der Waals surface area contributed by atoms with Gasteiger partial charge in [0.1, 0.15) is 0 Å². The van der Waals surface area contributed by atoms with E-state index >= 15 is 0 Å². The Bertz CT molecular complexity index is 321. The Balaban J connectivity index is 0.00000220. The summed E-state index contributed by atoms with van der Waals surface area (Å²) in [6.07, 6.45) is 2.55. The molecule has 0 aliphatic carbocycles. The predicted molar refractivity (Wildman–Crippen MR) is 98.3 cm³/mol. The van der Waals surface area contributed by atoms with Gasteiger partial charge in [-0.15, -0.1) is 24.0 Å². The number of likely N-dealkylation sites (tertiary alicyclic amines) is 1. The number of hydrogen-bond acceptors (Lipinski definition) is 3. The molecule has 124 valence electrons. The summed E-state index contributed by atoms with van der Waals surface area (Å²) in [7, 11) is 0. The predicted octanol–water partition coefficient (Wildman–Crippen LogP) is 1.62. The first kappa shape index (κ1) is 19.0. The lowest BCUT2D eigenvalue weighted by molar-refractivity contribution is 0.0323. The Hall–Kier alpha value is -0.0800. The number of nitrogens with zero attached hydrogens (tertiary/aromatic N) is 3. The summed E-state index contributed by atoms with van der Waals surface area (Å²) < 4.78 is 5.37. The van der Waals surface area contributed by atoms with E-state index in [0.29, 0.717) is 5.92 Å². The van der Waals surface area contributed by atoms with Gasteiger partial charge in [0, 0.05) is 39.3 Å². The van der Waals surface area contributed by atoms with Crippen molar-refractivity contribution in [3.8, 4) is 0 Å². The molecule has 0 aromatic heterocycles. The molecule has 0 amide bonds. The molecule has 0 aromatic rings. The quantitative estimate of drug-likeness (QED) is 0.435. The zero-order valence-corrected chi connectivity index (χ0v) is 15.8. The summed E-state index contributed by atoms with van der Waals surface area (Å²) in [5.41, 5.74) is 6.13. The van der Waals surface area contributed by atoms with Crippen LogP contribution in [0.4, 0.5) is 0 Å². The van der Waals surface area contributed by atoms with E-state index in [1.807, 2.05) is 0 Å². The molecular formula is C15H31IN4O. The summed E-state index contributed by atoms with van der Waals surface area (Å²) in [6, 6.07) is 0. The van der Waals surface area contributed by atoms with E-state index in [4.69, 9.17) is 10.5 Å². The summed E-state index contributed by atoms with van der Waals surface area (Å²) in [5.74, 6) is 2.03. The second kappa shape index (κ2) is 9.84. The summed E-state index contributed by atoms with van der Waals surface area (Å²) >= 11 is 0. The van der Waals surface area contributed by atoms with Crippen molar-refractivity contribution in [1.82, 2.24) is 9.80 Å². The molecule has 0 bridgehead atoms. The lowest BCUT2D eigenvalue weighted by Gasteiger charge is -2.32. The molecule has 2 unspecified atom stereocenters. The molecular weight excluding hydrogens is 379 g/mol. The molecule has 2 saturated heterocycles. The number of guanidine groups is 1. The molecule has 2 heterocycles. The molecule has 0 spiro atoms. The molecule has 0 radical (unpaired) electrons. The lowest BCUT2D eigenvalue weighted by atomic mass is 10.0. The number of aliphatic imine (C=N–C) groups is 1. The smallest absolute Gasteiger partial charge is 0.191 e. The van der Waals surface area contributed by atoms with Gasteiger partial charge in [-0.2, -0.15) is 0 Å². The van der Waals surface area contributed by atoms with Crippen LogP contribution in [0.2, 0.25) is 0 Å². The van der Waals surface area contributed by atoms with Crippen LogP contribution in [-0.2, 0) is 4.74 Å². The maximum Gasteiger partial charge on any atom is 0.191 e. The minimum atomic E-state index is 0. The molecule has 2 fully saturated rings. The van der Waals surface area contributed by atoms with Gasteiger partial charge in [0.05, 0.1) is 13.2 Å². The van der Waals surface area contributed by atoms with Gasteiger partial charge in [-0.3, -0.25) is 9.89 Å². The van der Waals surface area contributed by atoms with Crippen LogP contribution < -0.4 is 5.73 Å². The van der Waals surface area contributed by atoms with Gasteiger partial charge >= 0.3 is 0 Å². The number of ether oxygens (including phenoxy) is 1. The van der Waals surface area contributed by atoms with Crippen LogP contribution in [0.3, 0.4) is 0 Å². The molecule has 0 saturated carbocycles. The monoisotopic (exact) mass is 410 g/mol. The third-order valence-electron chi connectivity index (χ3n) is 4.22. The standard InChI is InChI=1S/C15H30N4O.HI/c1-13-4-3-5-19(12-13)15(16)17-10-14(2)11-18-6-8-20-9-7-18;/h13-14H,3-12H2,1-2H3,(H2,16,17);1H. The van der Waals surface area contributed by atoms with Gasteiger partial charge in [0.25, 0.3) is 0 Å². The van der Waals surface area contributed by atoms with E-state index in [2.05, 4.69) is 28.6 Å². The minimum absolute atomic E-state index is 0. The highest BCUT2D eigenvalue weighted by Gasteiger charge is 2.18. The van der Waals surface area contributed by atoms with E-state index in [1.165, 1.54) is 12.8 Å². The number of halogens is 1. The second-order valence-electron chi connectivity index (χ2n) is 6.41. The van der Waals surface area contributed by atoms with Crippen molar-refractivity contribution in [1.29, 1.82) is 0 Å². The second-order valence-corrected chi connectivity index (χ2v) is 6.41. The molecule has 5 nitrogen and oxygen atoms in total. The lowest BCUT2D eigenvalue weighted by Crippen LogP contribution is -2.44. The Kier molecular flexibility index (Phi) is 8.89. The molecule has 2 N–H and O–H groups in total. The van der Waals surface area contributed by atoms with Gasteiger partial charge in [0.2, 0.25) is 0 Å². The molecule has 6 heteroatoms. The van der Waals surface area contributed by atoms with Crippen molar-refractivity contribution in [3.63, 3.8) is 0 Å². The van der Waals surface area contributed by atoms with Crippen molar-refractivity contribution < 1.29 is 4.74 Å². The number of rotatable bonds is 4. The zero-order chi connectivity index (χ0) is 14.4. The average Bonchev–Trinajstić information content (AvgIpc) is 2.46. The van der Waals surface area contributed by atoms with E-state index in [0.717, 1.165) is 64.4 Å². The van der Waals surface area contributed by atoms with Crippen molar-refractivity contribution in [3.05, 3.63) is 0 Å². The first-order chi connectivity index (χ1) is 9.65. The average molecular weight is 410 g/mol. The number of piperidine rings is 1. The molecule has 2 aliphatic heterocycles. The first-order valence-corrected chi connectivity index (χ1v) is 8.00. The van der Waals surface area contributed by atoms with Gasteiger partial charge in [-0.25, -0.2) is 0 Å². The molecule has 2 aliphatic rings. The zero-order valence-electron chi connectivity index (χ0n) is 13.5. The largest absolute Gasteiger partial charge is 0.379 e. The van der Waals surface area contributed by atoms with Gasteiger partial charge < -0.3 is 15.4 Å². The van der Waals surface area contributed by atoms with Crippen molar-refractivity contribution in [2.45, 2.75) is 26.7 Å². The Labute approximate surface area is 146 Å². The molecule has 0 aromatic carbocycles. The van der Waals surface area contributed by atoms with Gasteiger partial charge in [-0.05, 0) is 24.7 Å². The highest BCUT2D eigenvalue weighted by molar-refractivity contribution is 14.0. The van der Waals surface area contributed by atoms with Crippen LogP contribution in [0.1, 0.15) is 26.7 Å². The fourth-order valence-electron chi connectivity index (χ4n) is 3.03. The van der Waals surface area contributed by atoms with Crippen molar-refractivity contribution in [2.75, 3.05) is 52.5 Å². The van der Waals surface area contributed by atoms with E-state index in [9.17, 15) is 0 Å². The Morgan fingerprint density at radius 2 is 2.05 bits per heavy atom. The van der Waals surface area contributed by atoms with Gasteiger partial charge in [-0.1, -0.05) is 13.8 Å². The summed E-state index contributed by atoms with van der Waals surface area (Å²) in [4.78, 5) is 9.32. The van der Waals surface area contributed by atoms with Crippen LogP contribution in [0.15, 0.2) is 4.99 Å². The number of nitrogens with two attached hydrogens (primary N) is 1. The van der Waals surface area contributed by atoms with Crippen LogP contribution >= 0.6 is 24.0 Å². The van der Waals surface area contributed by atoms with Crippen LogP contribution in [0.5, 0.6) is 0 Å². The molecule has 2 atom stereocenters. The number of hydrogen-bond donors (Lipinski definition) is 1. The van der Waals surface area contributed by atoms with Crippen molar-refractivity contribution in [2.24, 2.45) is 22.6 Å². The Morgan fingerprint density at radius 1 is 1.33 bits per heavy atom. The minimum Gasteiger partial charge on any atom is -0.379 e. The third-order valence-corrected chi connectivity index (χ3v) is 4.22. The fourth-order valence-corrected chi connectivity index (χ4v) is 3.03. The van der Waals surface area contributed by atoms with Crippen LogP contribution in [0, 0.1) is 11.8 Å². The SMILES string of the molecule is CC(CN=C(N)N1CCCC(C)C1)CN1CCOCC1.I. The maximum absolute atomic E-state index is 6.13. The molecule has 2 rings (SSSR count). The third kappa shape index (κ3) is 6.69. The highest BCUT2D eigenvalue weighted by atomic mass is 127. The topological polar surface area (TPSA) is 54.1 Å². The summed E-state index contributed by atoms with van der Waals surface area (Å²) in [5, 5.41) is 0. The normalized spacial score (nSPS) is 26.3. The van der Waals surface area contributed by atoms with E-state index < -0.39 is 0 Å². The van der Waals surface area contributed by atoms with Crippen LogP contribution in [0.25, 0.3) is 0 Å². The van der Waals surface area contributed by atoms with E-state index in [-0.39, 0.29) is 24.0 Å². The van der Waals surface area contributed by atoms with Crippen LogP contribution in [-0.4, -0.2) is 68.2 Å². The maximum atomic E-state index is 6.13. The Morgan fingerprint density at radius 3 is 2.71 bits per heavy atom. The summed E-state index contributed by atoms with van der Waals surface area (Å²) in [6.45, 7) is 12.4.